The molecule has 0 spiro atoms. The first-order valence-corrected chi connectivity index (χ1v) is 8.26. The zero-order chi connectivity index (χ0) is 16.8. The minimum Gasteiger partial charge on any atom is -0.361 e. The van der Waals surface area contributed by atoms with Crippen LogP contribution in [0.4, 0.5) is 0 Å². The first kappa shape index (κ1) is 16.4. The highest BCUT2D eigenvalue weighted by Gasteiger charge is 2.07. The molecule has 2 N–H and O–H groups in total. The third kappa shape index (κ3) is 4.10. The van der Waals surface area contributed by atoms with Crippen molar-refractivity contribution in [1.82, 2.24) is 20.1 Å². The second-order valence-electron chi connectivity index (χ2n) is 5.08. The van der Waals surface area contributed by atoms with Crippen LogP contribution in [0.1, 0.15) is 11.3 Å². The normalized spacial score (nSPS) is 11.0. The first-order valence-electron chi connectivity index (χ1n) is 7.47. The maximum Gasteiger partial charge on any atom is 0.186 e. The van der Waals surface area contributed by atoms with Gasteiger partial charge in [-0.1, -0.05) is 48.0 Å². The van der Waals surface area contributed by atoms with E-state index < -0.39 is 0 Å². The molecule has 3 aromatic rings. The maximum absolute atomic E-state index is 6.13. The number of halogens is 1. The van der Waals surface area contributed by atoms with E-state index in [0.29, 0.717) is 16.0 Å². The third-order valence-corrected chi connectivity index (χ3v) is 3.93. The van der Waals surface area contributed by atoms with Crippen LogP contribution in [0.2, 0.25) is 5.15 Å². The van der Waals surface area contributed by atoms with Gasteiger partial charge in [-0.15, -0.1) is 0 Å². The fourth-order valence-electron chi connectivity index (χ4n) is 2.26. The number of rotatable bonds is 5. The van der Waals surface area contributed by atoms with Crippen LogP contribution in [-0.4, -0.2) is 27.3 Å². The van der Waals surface area contributed by atoms with E-state index in [4.69, 9.17) is 23.8 Å². The average molecular weight is 358 g/mol. The van der Waals surface area contributed by atoms with E-state index in [1.165, 1.54) is 5.56 Å². The Morgan fingerprint density at radius 2 is 2.00 bits per heavy atom. The summed E-state index contributed by atoms with van der Waals surface area (Å²) >= 11 is 11.3. The fourth-order valence-corrected chi connectivity index (χ4v) is 2.64. The summed E-state index contributed by atoms with van der Waals surface area (Å²) in [7, 11) is 0. The molecule has 5 nitrogen and oxygen atoms in total. The van der Waals surface area contributed by atoms with Crippen LogP contribution in [0.25, 0.3) is 5.65 Å². The Morgan fingerprint density at radius 1 is 1.21 bits per heavy atom. The second-order valence-corrected chi connectivity index (χ2v) is 5.84. The molecule has 0 saturated heterocycles. The number of benzene rings is 1. The minimum absolute atomic E-state index is 0.398. The Hall–Kier alpha value is -2.44. The summed E-state index contributed by atoms with van der Waals surface area (Å²) in [5.74, 6) is 0. The SMILES string of the molecule is S=C(NCCc1ccccc1)NN=Cc1c(Cl)nc2ccccn12. The summed E-state index contributed by atoms with van der Waals surface area (Å²) in [6.07, 6.45) is 4.38. The molecule has 1 aromatic carbocycles. The molecule has 0 atom stereocenters. The lowest BCUT2D eigenvalue weighted by atomic mass is 10.1. The number of aromatic nitrogens is 2. The Bertz CT molecular complexity index is 860. The van der Waals surface area contributed by atoms with Gasteiger partial charge in [0.2, 0.25) is 0 Å². The maximum atomic E-state index is 6.13. The van der Waals surface area contributed by atoms with Crippen molar-refractivity contribution in [1.29, 1.82) is 0 Å². The summed E-state index contributed by atoms with van der Waals surface area (Å²) in [6.45, 7) is 0.738. The number of thiocarbonyl (C=S) groups is 1. The standard InChI is InChI=1S/C17H16ClN5S/c18-16-14(23-11-5-4-8-15(23)21-16)12-20-22-17(24)19-10-9-13-6-2-1-3-7-13/h1-8,11-12H,9-10H2,(H2,19,22,24). The zero-order valence-electron chi connectivity index (χ0n) is 12.8. The lowest BCUT2D eigenvalue weighted by Crippen LogP contribution is -2.33. The van der Waals surface area contributed by atoms with E-state index in [0.717, 1.165) is 18.6 Å². The van der Waals surface area contributed by atoms with Gasteiger partial charge in [0, 0.05) is 12.7 Å². The molecule has 0 aliphatic rings. The van der Waals surface area contributed by atoms with Crippen molar-refractivity contribution in [2.75, 3.05) is 6.54 Å². The molecule has 7 heteroatoms. The minimum atomic E-state index is 0.398. The van der Waals surface area contributed by atoms with Crippen molar-refractivity contribution in [3.8, 4) is 0 Å². The van der Waals surface area contributed by atoms with Crippen molar-refractivity contribution in [2.24, 2.45) is 5.10 Å². The molecule has 0 aliphatic carbocycles. The monoisotopic (exact) mass is 357 g/mol. The Morgan fingerprint density at radius 3 is 2.83 bits per heavy atom. The van der Waals surface area contributed by atoms with Crippen molar-refractivity contribution < 1.29 is 0 Å². The summed E-state index contributed by atoms with van der Waals surface area (Å²) < 4.78 is 1.86. The van der Waals surface area contributed by atoms with E-state index in [1.54, 1.807) is 6.21 Å². The van der Waals surface area contributed by atoms with Gasteiger partial charge in [-0.3, -0.25) is 9.83 Å². The molecule has 0 radical (unpaired) electrons. The molecule has 24 heavy (non-hydrogen) atoms. The van der Waals surface area contributed by atoms with E-state index in [-0.39, 0.29) is 0 Å². The van der Waals surface area contributed by atoms with Crippen LogP contribution in [0.15, 0.2) is 59.8 Å². The van der Waals surface area contributed by atoms with Crippen molar-refractivity contribution in [2.45, 2.75) is 6.42 Å². The van der Waals surface area contributed by atoms with Crippen LogP contribution in [0.3, 0.4) is 0 Å². The van der Waals surface area contributed by atoms with E-state index in [1.807, 2.05) is 47.0 Å². The molecule has 3 rings (SSSR count). The van der Waals surface area contributed by atoms with E-state index >= 15 is 0 Å². The smallest absolute Gasteiger partial charge is 0.186 e. The summed E-state index contributed by atoms with van der Waals surface area (Å²) in [5.41, 5.74) is 5.52. The van der Waals surface area contributed by atoms with Crippen LogP contribution in [0.5, 0.6) is 0 Å². The first-order chi connectivity index (χ1) is 11.7. The van der Waals surface area contributed by atoms with Gasteiger partial charge in [0.15, 0.2) is 10.3 Å². The van der Waals surface area contributed by atoms with Crippen molar-refractivity contribution in [3.63, 3.8) is 0 Å². The second kappa shape index (κ2) is 7.90. The topological polar surface area (TPSA) is 53.7 Å². The van der Waals surface area contributed by atoms with Gasteiger partial charge in [-0.25, -0.2) is 4.98 Å². The van der Waals surface area contributed by atoms with Crippen LogP contribution in [-0.2, 0) is 6.42 Å². The predicted octanol–water partition coefficient (Wildman–Crippen LogP) is 3.03. The number of fused-ring (bicyclic) bond motifs is 1. The number of nitrogens with one attached hydrogen (secondary N) is 2. The number of pyridine rings is 1. The predicted molar refractivity (Wildman–Crippen MR) is 102 cm³/mol. The largest absolute Gasteiger partial charge is 0.361 e. The highest BCUT2D eigenvalue weighted by molar-refractivity contribution is 7.80. The lowest BCUT2D eigenvalue weighted by Gasteiger charge is -2.06. The summed E-state index contributed by atoms with van der Waals surface area (Å²) in [4.78, 5) is 4.25. The molecular formula is C17H16ClN5S. The van der Waals surface area contributed by atoms with Crippen molar-refractivity contribution >= 4 is 40.8 Å². The van der Waals surface area contributed by atoms with Gasteiger partial charge < -0.3 is 5.32 Å². The summed E-state index contributed by atoms with van der Waals surface area (Å²) in [6, 6.07) is 15.9. The lowest BCUT2D eigenvalue weighted by molar-refractivity contribution is 0.837. The molecule has 2 heterocycles. The highest BCUT2D eigenvalue weighted by atomic mass is 35.5. The Labute approximate surface area is 150 Å². The average Bonchev–Trinajstić information content (AvgIpc) is 2.92. The zero-order valence-corrected chi connectivity index (χ0v) is 14.4. The number of imidazole rings is 1. The van der Waals surface area contributed by atoms with Gasteiger partial charge in [-0.05, 0) is 36.3 Å². The number of hydrogen-bond donors (Lipinski definition) is 2. The van der Waals surface area contributed by atoms with Gasteiger partial charge in [0.1, 0.15) is 11.3 Å². The molecule has 2 aromatic heterocycles. The highest BCUT2D eigenvalue weighted by Crippen LogP contribution is 2.15. The van der Waals surface area contributed by atoms with Gasteiger partial charge in [0.05, 0.1) is 6.21 Å². The third-order valence-electron chi connectivity index (χ3n) is 3.42. The Kier molecular flexibility index (Phi) is 5.40. The van der Waals surface area contributed by atoms with E-state index in [2.05, 4.69) is 33.0 Å². The molecule has 122 valence electrons. The van der Waals surface area contributed by atoms with Crippen LogP contribution >= 0.6 is 23.8 Å². The van der Waals surface area contributed by atoms with E-state index in [9.17, 15) is 0 Å². The molecule has 0 saturated carbocycles. The number of hydrazone groups is 1. The van der Waals surface area contributed by atoms with Crippen LogP contribution < -0.4 is 10.7 Å². The number of hydrogen-bond acceptors (Lipinski definition) is 3. The Balaban J connectivity index is 1.52. The quantitative estimate of drug-likeness (QED) is 0.418. The molecular weight excluding hydrogens is 342 g/mol. The van der Waals surface area contributed by atoms with Gasteiger partial charge in [0.25, 0.3) is 0 Å². The molecule has 0 unspecified atom stereocenters. The van der Waals surface area contributed by atoms with Gasteiger partial charge >= 0.3 is 0 Å². The summed E-state index contributed by atoms with van der Waals surface area (Å²) in [5, 5.41) is 8.10. The molecule has 0 amide bonds. The number of nitrogens with zero attached hydrogens (tertiary/aromatic N) is 3. The van der Waals surface area contributed by atoms with Crippen molar-refractivity contribution in [3.05, 3.63) is 71.1 Å². The van der Waals surface area contributed by atoms with Gasteiger partial charge in [-0.2, -0.15) is 5.10 Å². The molecule has 0 bridgehead atoms. The fraction of sp³-hybridized carbons (Fsp3) is 0.118. The van der Waals surface area contributed by atoms with Crippen LogP contribution in [0, 0.1) is 0 Å². The molecule has 0 aliphatic heterocycles. The molecule has 0 fully saturated rings.